The zero-order chi connectivity index (χ0) is 23.8. The van der Waals surface area contributed by atoms with Gasteiger partial charge in [-0.3, -0.25) is 9.59 Å². The summed E-state index contributed by atoms with van der Waals surface area (Å²) in [5, 5.41) is 5.63. The summed E-state index contributed by atoms with van der Waals surface area (Å²) >= 11 is 0. The van der Waals surface area contributed by atoms with Crippen LogP contribution in [0.1, 0.15) is 68.5 Å². The van der Waals surface area contributed by atoms with Crippen LogP contribution >= 0.6 is 0 Å². The lowest BCUT2D eigenvalue weighted by atomic mass is 9.86. The van der Waals surface area contributed by atoms with Crippen LogP contribution in [0, 0.1) is 5.41 Å². The number of fused-ring (bicyclic) bond motifs is 1. The average Bonchev–Trinajstić information content (AvgIpc) is 3.31. The van der Waals surface area contributed by atoms with Gasteiger partial charge in [0.2, 0.25) is 5.91 Å². The normalized spacial score (nSPS) is 21.8. The molecule has 2 amide bonds. The second-order valence-electron chi connectivity index (χ2n) is 10.4. The first kappa shape index (κ1) is 23.9. The molecule has 1 spiro atoms. The van der Waals surface area contributed by atoms with Crippen LogP contribution in [0.5, 0.6) is 0 Å². The van der Waals surface area contributed by atoms with E-state index >= 15 is 0 Å². The van der Waals surface area contributed by atoms with Gasteiger partial charge in [-0.15, -0.1) is 0 Å². The Morgan fingerprint density at radius 2 is 1.94 bits per heavy atom. The van der Waals surface area contributed by atoms with Gasteiger partial charge in [0.15, 0.2) is 11.5 Å². The van der Waals surface area contributed by atoms with E-state index in [2.05, 4.69) is 33.2 Å². The third-order valence-electron chi connectivity index (χ3n) is 6.81. The Hall–Kier alpha value is -2.23. The molecule has 1 aromatic heterocycles. The highest BCUT2D eigenvalue weighted by atomic mass is 16.7. The summed E-state index contributed by atoms with van der Waals surface area (Å²) in [7, 11) is 3.65. The molecule has 182 valence electrons. The number of allylic oxidation sites excluding steroid dienone is 1. The number of ether oxygens (including phenoxy) is 2. The molecule has 1 fully saturated rings. The quantitative estimate of drug-likeness (QED) is 0.714. The van der Waals surface area contributed by atoms with Gasteiger partial charge in [-0.2, -0.15) is 0 Å². The number of hydrogen-bond donors (Lipinski definition) is 2. The second kappa shape index (κ2) is 9.19. The molecular weight excluding hydrogens is 422 g/mol. The number of imidazole rings is 1. The van der Waals surface area contributed by atoms with Crippen LogP contribution in [0.4, 0.5) is 0 Å². The molecule has 4 rings (SSSR count). The van der Waals surface area contributed by atoms with Gasteiger partial charge in [0.25, 0.3) is 5.91 Å². The maximum atomic E-state index is 13.5. The van der Waals surface area contributed by atoms with Crippen molar-refractivity contribution >= 4 is 17.4 Å². The summed E-state index contributed by atoms with van der Waals surface area (Å²) < 4.78 is 13.9. The van der Waals surface area contributed by atoms with E-state index in [1.165, 1.54) is 0 Å². The smallest absolute Gasteiger partial charge is 0.272 e. The van der Waals surface area contributed by atoms with E-state index in [-0.39, 0.29) is 11.8 Å². The Bertz CT molecular complexity index is 939. The van der Waals surface area contributed by atoms with Crippen molar-refractivity contribution in [3.8, 4) is 0 Å². The number of nitrogens with zero attached hydrogens (tertiary/aromatic N) is 3. The number of aromatic nitrogens is 2. The summed E-state index contributed by atoms with van der Waals surface area (Å²) in [6.45, 7) is 9.50. The monoisotopic (exact) mass is 459 g/mol. The summed E-state index contributed by atoms with van der Waals surface area (Å²) in [5.74, 6) is -0.161. The number of rotatable bonds is 4. The van der Waals surface area contributed by atoms with Gasteiger partial charge in [0.1, 0.15) is 11.9 Å². The molecule has 2 aliphatic heterocycles. The molecule has 1 aromatic rings. The van der Waals surface area contributed by atoms with Crippen LogP contribution in [0.25, 0.3) is 5.57 Å². The van der Waals surface area contributed by atoms with E-state index in [1.54, 1.807) is 7.05 Å². The first-order chi connectivity index (χ1) is 15.6. The molecule has 1 atom stereocenters. The lowest BCUT2D eigenvalue weighted by molar-refractivity contribution is -0.159. The molecule has 2 N–H and O–H groups in total. The van der Waals surface area contributed by atoms with E-state index in [1.807, 2.05) is 20.8 Å². The van der Waals surface area contributed by atoms with Crippen LogP contribution in [0.3, 0.4) is 0 Å². The Kier molecular flexibility index (Phi) is 6.66. The van der Waals surface area contributed by atoms with Gasteiger partial charge in [-0.1, -0.05) is 26.8 Å². The Balaban J connectivity index is 1.67. The van der Waals surface area contributed by atoms with Crippen LogP contribution in [0.15, 0.2) is 6.08 Å². The molecular formula is C24H37N5O4. The lowest BCUT2D eigenvalue weighted by Crippen LogP contribution is -2.53. The topological polar surface area (TPSA) is 97.7 Å². The second-order valence-corrected chi connectivity index (χ2v) is 10.4. The van der Waals surface area contributed by atoms with Crippen LogP contribution < -0.4 is 10.6 Å². The lowest BCUT2D eigenvalue weighted by Gasteiger charge is -2.30. The van der Waals surface area contributed by atoms with Gasteiger partial charge in [0, 0.05) is 33.0 Å². The van der Waals surface area contributed by atoms with Gasteiger partial charge in [0.05, 0.1) is 18.9 Å². The van der Waals surface area contributed by atoms with Gasteiger partial charge >= 0.3 is 0 Å². The zero-order valence-electron chi connectivity index (χ0n) is 20.5. The molecule has 1 unspecified atom stereocenters. The molecule has 1 saturated heterocycles. The SMILES string of the molecule is CNC(=O)C(NC(=O)c1nc(C2=CCC3(CC2)OCCO3)n2c1CN(C)CCC2)C(C)(C)C. The number of nitrogens with one attached hydrogen (secondary N) is 2. The van der Waals surface area contributed by atoms with Gasteiger partial charge in [-0.05, 0) is 37.4 Å². The molecule has 0 aromatic carbocycles. The number of likely N-dealkylation sites (N-methyl/N-ethyl adjacent to an activating group) is 1. The zero-order valence-corrected chi connectivity index (χ0v) is 20.5. The third kappa shape index (κ3) is 4.85. The highest BCUT2D eigenvalue weighted by molar-refractivity contribution is 5.97. The average molecular weight is 460 g/mol. The predicted molar refractivity (Wildman–Crippen MR) is 124 cm³/mol. The molecule has 9 nitrogen and oxygen atoms in total. The van der Waals surface area contributed by atoms with Crippen LogP contribution in [0.2, 0.25) is 0 Å². The van der Waals surface area contributed by atoms with Crippen molar-refractivity contribution in [2.45, 2.75) is 71.4 Å². The van der Waals surface area contributed by atoms with E-state index in [9.17, 15) is 9.59 Å². The predicted octanol–water partition coefficient (Wildman–Crippen LogP) is 1.92. The molecule has 33 heavy (non-hydrogen) atoms. The number of hydrogen-bond acceptors (Lipinski definition) is 6. The van der Waals surface area contributed by atoms with E-state index in [0.717, 1.165) is 49.4 Å². The Morgan fingerprint density at radius 1 is 1.21 bits per heavy atom. The fourth-order valence-electron chi connectivity index (χ4n) is 4.94. The van der Waals surface area contributed by atoms with Crippen LogP contribution in [-0.4, -0.2) is 71.9 Å². The summed E-state index contributed by atoms with van der Waals surface area (Å²) in [6, 6.07) is -0.662. The number of amides is 2. The van der Waals surface area contributed by atoms with Crippen molar-refractivity contribution in [3.63, 3.8) is 0 Å². The first-order valence-electron chi connectivity index (χ1n) is 11.9. The van der Waals surface area contributed by atoms with Crippen molar-refractivity contribution in [2.75, 3.05) is 33.9 Å². The summed E-state index contributed by atoms with van der Waals surface area (Å²) in [4.78, 5) is 33.1. The minimum Gasteiger partial charge on any atom is -0.357 e. The van der Waals surface area contributed by atoms with E-state index < -0.39 is 17.2 Å². The molecule has 3 heterocycles. The molecule has 1 aliphatic carbocycles. The first-order valence-corrected chi connectivity index (χ1v) is 11.9. The Morgan fingerprint density at radius 3 is 2.55 bits per heavy atom. The highest BCUT2D eigenvalue weighted by Crippen LogP contribution is 2.38. The fraction of sp³-hybridized carbons (Fsp3) is 0.708. The van der Waals surface area contributed by atoms with Crippen molar-refractivity contribution in [1.82, 2.24) is 25.1 Å². The summed E-state index contributed by atoms with van der Waals surface area (Å²) in [6.07, 6.45) is 5.40. The largest absolute Gasteiger partial charge is 0.357 e. The fourth-order valence-corrected chi connectivity index (χ4v) is 4.94. The third-order valence-corrected chi connectivity index (χ3v) is 6.81. The van der Waals surface area contributed by atoms with Gasteiger partial charge < -0.3 is 29.6 Å². The minimum atomic E-state index is -0.662. The molecule has 9 heteroatoms. The Labute approximate surface area is 195 Å². The highest BCUT2D eigenvalue weighted by Gasteiger charge is 2.39. The van der Waals surface area contributed by atoms with Crippen LogP contribution in [-0.2, 0) is 27.4 Å². The van der Waals surface area contributed by atoms with Crippen molar-refractivity contribution < 1.29 is 19.1 Å². The van der Waals surface area contributed by atoms with E-state index in [0.29, 0.717) is 31.9 Å². The van der Waals surface area contributed by atoms with Crippen molar-refractivity contribution in [2.24, 2.45) is 5.41 Å². The minimum absolute atomic E-state index is 0.213. The molecule has 0 bridgehead atoms. The molecule has 0 saturated carbocycles. The number of carbonyl (C=O) groups is 2. The standard InChI is InChI=1S/C24H37N5O4/c1-23(2,3)19(22(31)25-4)27-21(30)18-17-15-28(5)11-6-12-29(17)20(26-18)16-7-9-24(10-8-16)32-13-14-33-24/h7,19H,6,8-15H2,1-5H3,(H,25,31)(H,27,30). The molecule has 3 aliphatic rings. The maximum Gasteiger partial charge on any atom is 0.272 e. The molecule has 0 radical (unpaired) electrons. The van der Waals surface area contributed by atoms with Crippen molar-refractivity contribution in [1.29, 1.82) is 0 Å². The maximum absolute atomic E-state index is 13.5. The van der Waals surface area contributed by atoms with Crippen molar-refractivity contribution in [3.05, 3.63) is 23.3 Å². The van der Waals surface area contributed by atoms with Gasteiger partial charge in [-0.25, -0.2) is 4.98 Å². The number of carbonyl (C=O) groups excluding carboxylic acids is 2. The summed E-state index contributed by atoms with van der Waals surface area (Å²) in [5.41, 5.74) is 2.00. The van der Waals surface area contributed by atoms with E-state index in [4.69, 9.17) is 14.5 Å².